The average molecular weight is 403 g/mol. The first-order valence-corrected chi connectivity index (χ1v) is 8.73. The van der Waals surface area contributed by atoms with E-state index in [1.165, 1.54) is 37.8 Å². The van der Waals surface area contributed by atoms with Gasteiger partial charge in [0, 0.05) is 10.1 Å². The summed E-state index contributed by atoms with van der Waals surface area (Å²) in [7, 11) is 0. The average Bonchev–Trinajstić information content (AvgIpc) is 2.84. The molecule has 0 spiro atoms. The fourth-order valence-corrected chi connectivity index (χ4v) is 4.20. The van der Waals surface area contributed by atoms with E-state index in [2.05, 4.69) is 19.2 Å². The summed E-state index contributed by atoms with van der Waals surface area (Å²) in [5.74, 6) is 0.253. The fraction of sp³-hybridized carbons (Fsp3) is 0.588. The van der Waals surface area contributed by atoms with Crippen molar-refractivity contribution in [1.29, 1.82) is 0 Å². The Morgan fingerprint density at radius 3 is 2.62 bits per heavy atom. The van der Waals surface area contributed by atoms with Gasteiger partial charge in [0.05, 0.1) is 5.56 Å². The van der Waals surface area contributed by atoms with Crippen LogP contribution in [-0.4, -0.2) is 12.5 Å². The third-order valence-electron chi connectivity index (χ3n) is 4.31. The van der Waals surface area contributed by atoms with Crippen molar-refractivity contribution in [1.82, 2.24) is 5.32 Å². The molecule has 4 heteroatoms. The maximum absolute atomic E-state index is 13.1. The topological polar surface area (TPSA) is 29.1 Å². The van der Waals surface area contributed by atoms with Crippen LogP contribution in [0.5, 0.6) is 0 Å². The van der Waals surface area contributed by atoms with Crippen molar-refractivity contribution in [2.75, 3.05) is 6.54 Å². The SMILES string of the molecule is CC(C)CC1(CNC(=O)c2ccc(F)cc2I)CCCC1. The van der Waals surface area contributed by atoms with Crippen molar-refractivity contribution in [3.8, 4) is 0 Å². The molecule has 2 rings (SSSR count). The lowest BCUT2D eigenvalue weighted by Gasteiger charge is -2.31. The molecule has 1 saturated carbocycles. The van der Waals surface area contributed by atoms with Crippen LogP contribution in [0, 0.1) is 20.7 Å². The number of nitrogens with one attached hydrogen (secondary N) is 1. The summed E-state index contributed by atoms with van der Waals surface area (Å²) in [6.07, 6.45) is 6.08. The van der Waals surface area contributed by atoms with Gasteiger partial charge in [-0.15, -0.1) is 0 Å². The van der Waals surface area contributed by atoms with E-state index in [-0.39, 0.29) is 17.1 Å². The van der Waals surface area contributed by atoms with E-state index < -0.39 is 0 Å². The van der Waals surface area contributed by atoms with Crippen LogP contribution in [0.2, 0.25) is 0 Å². The third kappa shape index (κ3) is 4.41. The van der Waals surface area contributed by atoms with E-state index in [1.54, 1.807) is 6.07 Å². The third-order valence-corrected chi connectivity index (χ3v) is 5.20. The zero-order valence-corrected chi connectivity index (χ0v) is 14.9. The minimum absolute atomic E-state index is 0.0885. The van der Waals surface area contributed by atoms with Crippen molar-refractivity contribution in [3.63, 3.8) is 0 Å². The minimum atomic E-state index is -0.303. The van der Waals surface area contributed by atoms with E-state index in [0.29, 0.717) is 15.1 Å². The monoisotopic (exact) mass is 403 g/mol. The number of carbonyl (C=O) groups excluding carboxylic acids is 1. The zero-order chi connectivity index (χ0) is 15.5. The molecule has 1 aromatic carbocycles. The van der Waals surface area contributed by atoms with Gasteiger partial charge in [-0.05, 0) is 71.4 Å². The van der Waals surface area contributed by atoms with E-state index in [0.717, 1.165) is 13.0 Å². The van der Waals surface area contributed by atoms with Crippen LogP contribution in [0.1, 0.15) is 56.3 Å². The van der Waals surface area contributed by atoms with Gasteiger partial charge in [-0.2, -0.15) is 0 Å². The van der Waals surface area contributed by atoms with Gasteiger partial charge in [0.1, 0.15) is 5.82 Å². The van der Waals surface area contributed by atoms with Gasteiger partial charge in [-0.1, -0.05) is 26.7 Å². The Labute approximate surface area is 140 Å². The smallest absolute Gasteiger partial charge is 0.252 e. The second kappa shape index (κ2) is 7.07. The molecule has 0 radical (unpaired) electrons. The van der Waals surface area contributed by atoms with E-state index in [4.69, 9.17) is 0 Å². The predicted molar refractivity (Wildman–Crippen MR) is 91.8 cm³/mol. The Bertz CT molecular complexity index is 510. The van der Waals surface area contributed by atoms with Crippen molar-refractivity contribution < 1.29 is 9.18 Å². The number of halogens is 2. The van der Waals surface area contributed by atoms with Gasteiger partial charge in [0.25, 0.3) is 5.91 Å². The van der Waals surface area contributed by atoms with Crippen LogP contribution >= 0.6 is 22.6 Å². The summed E-state index contributed by atoms with van der Waals surface area (Å²) in [4.78, 5) is 12.3. The molecule has 1 aromatic rings. The Balaban J connectivity index is 2.02. The lowest BCUT2D eigenvalue weighted by molar-refractivity contribution is 0.0921. The van der Waals surface area contributed by atoms with Crippen LogP contribution in [0.4, 0.5) is 4.39 Å². The maximum Gasteiger partial charge on any atom is 0.252 e. The van der Waals surface area contributed by atoms with Gasteiger partial charge in [-0.25, -0.2) is 4.39 Å². The van der Waals surface area contributed by atoms with Gasteiger partial charge in [0.2, 0.25) is 0 Å². The maximum atomic E-state index is 13.1. The molecule has 0 atom stereocenters. The van der Waals surface area contributed by atoms with Gasteiger partial charge >= 0.3 is 0 Å². The molecular formula is C17H23FINO. The van der Waals surface area contributed by atoms with Crippen molar-refractivity contribution in [3.05, 3.63) is 33.1 Å². The molecule has 2 nitrogen and oxygen atoms in total. The summed E-state index contributed by atoms with van der Waals surface area (Å²) in [6.45, 7) is 5.22. The second-order valence-corrected chi connectivity index (χ2v) is 7.77. The molecule has 1 amide bonds. The zero-order valence-electron chi connectivity index (χ0n) is 12.7. The number of rotatable bonds is 5. The molecule has 0 bridgehead atoms. The lowest BCUT2D eigenvalue weighted by Crippen LogP contribution is -2.37. The standard InChI is InChI=1S/C17H23FINO/c1-12(2)10-17(7-3-4-8-17)11-20-16(21)14-6-5-13(18)9-15(14)19/h5-6,9,12H,3-4,7-8,10-11H2,1-2H3,(H,20,21). The summed E-state index contributed by atoms with van der Waals surface area (Å²) in [5.41, 5.74) is 0.824. The first-order valence-electron chi connectivity index (χ1n) is 7.65. The van der Waals surface area contributed by atoms with Crippen LogP contribution in [0.15, 0.2) is 18.2 Å². The van der Waals surface area contributed by atoms with Crippen molar-refractivity contribution >= 4 is 28.5 Å². The molecule has 1 N–H and O–H groups in total. The second-order valence-electron chi connectivity index (χ2n) is 6.61. The Morgan fingerprint density at radius 1 is 1.38 bits per heavy atom. The molecule has 0 unspecified atom stereocenters. The number of amides is 1. The van der Waals surface area contributed by atoms with Gasteiger partial charge in [-0.3, -0.25) is 4.79 Å². The fourth-order valence-electron chi connectivity index (χ4n) is 3.48. The summed E-state index contributed by atoms with van der Waals surface area (Å²) in [6, 6.07) is 4.31. The molecule has 1 aliphatic rings. The highest BCUT2D eigenvalue weighted by Gasteiger charge is 2.34. The van der Waals surface area contributed by atoms with Crippen LogP contribution < -0.4 is 5.32 Å². The highest BCUT2D eigenvalue weighted by molar-refractivity contribution is 14.1. The molecular weight excluding hydrogens is 380 g/mol. The van der Waals surface area contributed by atoms with E-state index >= 15 is 0 Å². The number of benzene rings is 1. The molecule has 116 valence electrons. The summed E-state index contributed by atoms with van der Waals surface area (Å²) in [5, 5.41) is 3.08. The first-order chi connectivity index (χ1) is 9.92. The number of hydrogen-bond acceptors (Lipinski definition) is 1. The van der Waals surface area contributed by atoms with Gasteiger partial charge in [0.15, 0.2) is 0 Å². The Hall–Kier alpha value is -0.650. The molecule has 21 heavy (non-hydrogen) atoms. The Kier molecular flexibility index (Phi) is 5.63. The summed E-state index contributed by atoms with van der Waals surface area (Å²) < 4.78 is 13.8. The first kappa shape index (κ1) is 16.7. The number of carbonyl (C=O) groups is 1. The van der Waals surface area contributed by atoms with Crippen molar-refractivity contribution in [2.24, 2.45) is 11.3 Å². The highest BCUT2D eigenvalue weighted by Crippen LogP contribution is 2.42. The quantitative estimate of drug-likeness (QED) is 0.706. The largest absolute Gasteiger partial charge is 0.351 e. The van der Waals surface area contributed by atoms with Crippen LogP contribution in [0.3, 0.4) is 0 Å². The van der Waals surface area contributed by atoms with E-state index in [9.17, 15) is 9.18 Å². The van der Waals surface area contributed by atoms with Crippen LogP contribution in [-0.2, 0) is 0 Å². The highest BCUT2D eigenvalue weighted by atomic mass is 127. The Morgan fingerprint density at radius 2 is 2.05 bits per heavy atom. The van der Waals surface area contributed by atoms with E-state index in [1.807, 2.05) is 22.6 Å². The lowest BCUT2D eigenvalue weighted by atomic mass is 9.78. The molecule has 1 fully saturated rings. The summed E-state index contributed by atoms with van der Waals surface area (Å²) >= 11 is 2.01. The van der Waals surface area contributed by atoms with Crippen LogP contribution in [0.25, 0.3) is 0 Å². The number of hydrogen-bond donors (Lipinski definition) is 1. The normalized spacial score (nSPS) is 17.2. The molecule has 0 heterocycles. The minimum Gasteiger partial charge on any atom is -0.351 e. The van der Waals surface area contributed by atoms with Crippen molar-refractivity contribution in [2.45, 2.75) is 46.0 Å². The molecule has 0 aliphatic heterocycles. The molecule has 1 aliphatic carbocycles. The van der Waals surface area contributed by atoms with Gasteiger partial charge < -0.3 is 5.32 Å². The molecule has 0 aromatic heterocycles. The molecule has 0 saturated heterocycles. The predicted octanol–water partition coefficient (Wildman–Crippen LogP) is 4.77.